The van der Waals surface area contributed by atoms with Crippen molar-refractivity contribution in [2.24, 2.45) is 0 Å². The molecule has 5 rings (SSSR count). The fraction of sp³-hybridized carbons (Fsp3) is 0.222. The smallest absolute Gasteiger partial charge is 0.339 e. The van der Waals surface area contributed by atoms with Gasteiger partial charge < -0.3 is 9.15 Å². The van der Waals surface area contributed by atoms with E-state index in [1.165, 1.54) is 11.1 Å². The quantitative estimate of drug-likeness (QED) is 0.422. The lowest BCUT2D eigenvalue weighted by Gasteiger charge is -2.32. The zero-order chi connectivity index (χ0) is 21.4. The highest BCUT2D eigenvalue weighted by molar-refractivity contribution is 5.85. The van der Waals surface area contributed by atoms with E-state index in [4.69, 9.17) is 9.15 Å². The SMILES string of the molecule is Cc1c(C)c2ccc3c(c2oc1=O)CN(CC(c1ccccc1)c1ccccc1)CO3. The summed E-state index contributed by atoms with van der Waals surface area (Å²) in [4.78, 5) is 14.6. The maximum Gasteiger partial charge on any atom is 0.339 e. The Hall–Kier alpha value is -3.37. The van der Waals surface area contributed by atoms with E-state index >= 15 is 0 Å². The summed E-state index contributed by atoms with van der Waals surface area (Å²) < 4.78 is 11.8. The highest BCUT2D eigenvalue weighted by Gasteiger charge is 2.26. The van der Waals surface area contributed by atoms with Gasteiger partial charge in [0.05, 0.1) is 5.56 Å². The first-order valence-electron chi connectivity index (χ1n) is 10.6. The second kappa shape index (κ2) is 8.05. The van der Waals surface area contributed by atoms with Gasteiger partial charge in [0, 0.05) is 30.0 Å². The van der Waals surface area contributed by atoms with Gasteiger partial charge in [0.2, 0.25) is 0 Å². The second-order valence-electron chi connectivity index (χ2n) is 8.22. The molecule has 156 valence electrons. The highest BCUT2D eigenvalue weighted by atomic mass is 16.5. The van der Waals surface area contributed by atoms with Gasteiger partial charge in [-0.05, 0) is 42.7 Å². The molecule has 1 aromatic heterocycles. The molecular formula is C27H25NO3. The van der Waals surface area contributed by atoms with Gasteiger partial charge in [-0.25, -0.2) is 4.79 Å². The Balaban J connectivity index is 1.51. The van der Waals surface area contributed by atoms with Crippen LogP contribution in [-0.2, 0) is 6.54 Å². The fourth-order valence-corrected chi connectivity index (χ4v) is 4.41. The van der Waals surface area contributed by atoms with Gasteiger partial charge in [0.15, 0.2) is 0 Å². The summed E-state index contributed by atoms with van der Waals surface area (Å²) in [5, 5.41) is 0.976. The van der Waals surface area contributed by atoms with Crippen molar-refractivity contribution < 1.29 is 9.15 Å². The molecule has 0 amide bonds. The molecule has 0 bridgehead atoms. The molecule has 0 radical (unpaired) electrons. The van der Waals surface area contributed by atoms with E-state index in [1.54, 1.807) is 0 Å². The van der Waals surface area contributed by atoms with Crippen molar-refractivity contribution in [2.75, 3.05) is 13.3 Å². The molecular weight excluding hydrogens is 386 g/mol. The van der Waals surface area contributed by atoms with Crippen LogP contribution in [0.5, 0.6) is 5.75 Å². The summed E-state index contributed by atoms with van der Waals surface area (Å²) in [6, 6.07) is 25.1. The van der Waals surface area contributed by atoms with Crippen LogP contribution in [0.3, 0.4) is 0 Å². The molecule has 3 aromatic carbocycles. The minimum atomic E-state index is -0.276. The maximum atomic E-state index is 12.3. The van der Waals surface area contributed by atoms with Gasteiger partial charge in [0.1, 0.15) is 18.1 Å². The number of fused-ring (bicyclic) bond motifs is 3. The van der Waals surface area contributed by atoms with Crippen molar-refractivity contribution in [3.05, 3.63) is 111 Å². The molecule has 0 N–H and O–H groups in total. The summed E-state index contributed by atoms with van der Waals surface area (Å²) in [7, 11) is 0. The maximum absolute atomic E-state index is 12.3. The normalized spacial score (nSPS) is 13.9. The van der Waals surface area contributed by atoms with Crippen molar-refractivity contribution in [1.82, 2.24) is 4.90 Å². The number of hydrogen-bond acceptors (Lipinski definition) is 4. The predicted octanol–water partition coefficient (Wildman–Crippen LogP) is 5.39. The molecule has 1 aliphatic heterocycles. The first-order chi connectivity index (χ1) is 15.1. The molecule has 0 atom stereocenters. The van der Waals surface area contributed by atoms with Gasteiger partial charge in [-0.1, -0.05) is 60.7 Å². The van der Waals surface area contributed by atoms with Crippen molar-refractivity contribution in [3.63, 3.8) is 0 Å². The lowest BCUT2D eigenvalue weighted by molar-refractivity contribution is 0.0925. The molecule has 0 fully saturated rings. The van der Waals surface area contributed by atoms with Crippen LogP contribution in [0.15, 0.2) is 82.0 Å². The lowest BCUT2D eigenvalue weighted by atomic mass is 9.90. The minimum Gasteiger partial charge on any atom is -0.478 e. The van der Waals surface area contributed by atoms with E-state index in [-0.39, 0.29) is 11.5 Å². The summed E-state index contributed by atoms with van der Waals surface area (Å²) in [5.41, 5.74) is 5.50. The van der Waals surface area contributed by atoms with Crippen molar-refractivity contribution in [1.29, 1.82) is 0 Å². The molecule has 4 nitrogen and oxygen atoms in total. The van der Waals surface area contributed by atoms with Gasteiger partial charge in [-0.2, -0.15) is 0 Å². The van der Waals surface area contributed by atoms with Gasteiger partial charge in [0.25, 0.3) is 0 Å². The van der Waals surface area contributed by atoms with E-state index in [2.05, 4.69) is 53.4 Å². The van der Waals surface area contributed by atoms with E-state index in [1.807, 2.05) is 38.1 Å². The summed E-state index contributed by atoms with van der Waals surface area (Å²) in [6.45, 7) is 5.77. The lowest BCUT2D eigenvalue weighted by Crippen LogP contribution is -2.35. The molecule has 31 heavy (non-hydrogen) atoms. The monoisotopic (exact) mass is 411 g/mol. The fourth-order valence-electron chi connectivity index (χ4n) is 4.41. The first kappa shape index (κ1) is 19.6. The van der Waals surface area contributed by atoms with E-state index in [0.29, 0.717) is 24.4 Å². The van der Waals surface area contributed by atoms with E-state index in [0.717, 1.165) is 28.8 Å². The molecule has 0 spiro atoms. The third-order valence-electron chi connectivity index (χ3n) is 6.31. The third kappa shape index (κ3) is 3.64. The summed E-state index contributed by atoms with van der Waals surface area (Å²) in [6.07, 6.45) is 0. The Bertz CT molecular complexity index is 1240. The topological polar surface area (TPSA) is 42.7 Å². The number of aryl methyl sites for hydroxylation is 1. The van der Waals surface area contributed by atoms with E-state index in [9.17, 15) is 4.79 Å². The third-order valence-corrected chi connectivity index (χ3v) is 6.31. The summed E-state index contributed by atoms with van der Waals surface area (Å²) >= 11 is 0. The van der Waals surface area contributed by atoms with Crippen LogP contribution in [0.25, 0.3) is 11.0 Å². The first-order valence-corrected chi connectivity index (χ1v) is 10.6. The van der Waals surface area contributed by atoms with Crippen LogP contribution < -0.4 is 10.4 Å². The second-order valence-corrected chi connectivity index (χ2v) is 8.22. The van der Waals surface area contributed by atoms with Crippen LogP contribution in [0.4, 0.5) is 0 Å². The molecule has 4 heteroatoms. The Labute approximate surface area is 181 Å². The Morgan fingerprint density at radius 3 is 2.16 bits per heavy atom. The summed E-state index contributed by atoms with van der Waals surface area (Å²) in [5.74, 6) is 1.02. The Kier molecular flexibility index (Phi) is 5.08. The highest BCUT2D eigenvalue weighted by Crippen LogP contribution is 2.35. The van der Waals surface area contributed by atoms with Gasteiger partial charge >= 0.3 is 5.63 Å². The molecule has 0 saturated carbocycles. The predicted molar refractivity (Wildman–Crippen MR) is 123 cm³/mol. The van der Waals surface area contributed by atoms with Crippen LogP contribution in [0.1, 0.15) is 33.7 Å². The van der Waals surface area contributed by atoms with Crippen LogP contribution in [-0.4, -0.2) is 18.2 Å². The Morgan fingerprint density at radius 1 is 0.871 bits per heavy atom. The minimum absolute atomic E-state index is 0.221. The molecule has 1 aliphatic rings. The average Bonchev–Trinajstić information content (AvgIpc) is 2.82. The molecule has 4 aromatic rings. The number of nitrogens with zero attached hydrogens (tertiary/aromatic N) is 1. The van der Waals surface area contributed by atoms with Crippen molar-refractivity contribution in [3.8, 4) is 5.75 Å². The zero-order valence-corrected chi connectivity index (χ0v) is 17.8. The zero-order valence-electron chi connectivity index (χ0n) is 17.8. The molecule has 0 unspecified atom stereocenters. The van der Waals surface area contributed by atoms with Crippen LogP contribution >= 0.6 is 0 Å². The number of ether oxygens (including phenoxy) is 1. The number of rotatable bonds is 4. The van der Waals surface area contributed by atoms with Crippen molar-refractivity contribution >= 4 is 11.0 Å². The average molecular weight is 412 g/mol. The van der Waals surface area contributed by atoms with Crippen LogP contribution in [0.2, 0.25) is 0 Å². The number of benzene rings is 3. The standard InChI is InChI=1S/C27H25NO3/c1-18-19(2)27(29)31-26-22(18)13-14-25-24(26)16-28(17-30-25)15-23(20-9-5-3-6-10-20)21-11-7-4-8-12-21/h3-14,23H,15-17H2,1-2H3. The molecule has 0 saturated heterocycles. The molecule has 2 heterocycles. The van der Waals surface area contributed by atoms with Crippen molar-refractivity contribution in [2.45, 2.75) is 26.3 Å². The molecule has 0 aliphatic carbocycles. The largest absolute Gasteiger partial charge is 0.478 e. The van der Waals surface area contributed by atoms with Gasteiger partial charge in [-0.3, -0.25) is 4.90 Å². The van der Waals surface area contributed by atoms with E-state index < -0.39 is 0 Å². The van der Waals surface area contributed by atoms with Gasteiger partial charge in [-0.15, -0.1) is 0 Å². The van der Waals surface area contributed by atoms with Crippen LogP contribution in [0, 0.1) is 13.8 Å². The number of hydrogen-bond donors (Lipinski definition) is 0. The Morgan fingerprint density at radius 2 is 1.52 bits per heavy atom.